The van der Waals surface area contributed by atoms with Crippen molar-refractivity contribution < 1.29 is 13.7 Å². The van der Waals surface area contributed by atoms with Gasteiger partial charge >= 0.3 is 5.69 Å². The summed E-state index contributed by atoms with van der Waals surface area (Å²) in [5, 5.41) is 13.8. The maximum atomic E-state index is 13.9. The third-order valence-corrected chi connectivity index (χ3v) is 3.58. The maximum absolute atomic E-state index is 13.9. The summed E-state index contributed by atoms with van der Waals surface area (Å²) in [5.41, 5.74) is -0.407. The topological polar surface area (TPSA) is 81.0 Å². The highest BCUT2D eigenvalue weighted by molar-refractivity contribution is 9.10. The normalized spacial score (nSPS) is 10.7. The molecule has 2 aromatic carbocycles. The Morgan fingerprint density at radius 3 is 2.61 bits per heavy atom. The lowest BCUT2D eigenvalue weighted by Gasteiger charge is -2.09. The molecule has 0 bridgehead atoms. The molecule has 23 heavy (non-hydrogen) atoms. The van der Waals surface area contributed by atoms with Crippen LogP contribution in [0.3, 0.4) is 0 Å². The molecule has 1 aromatic heterocycles. The standard InChI is InChI=1S/C14H7BrF2N4O2/c15-7-1-2-11(9(16)3-7)20-14-8-4-13(21(22)23)10(17)5-12(8)18-6-19-14/h1-6H,(H,18,19,20). The minimum Gasteiger partial charge on any atom is -0.337 e. The molecular weight excluding hydrogens is 374 g/mol. The number of nitrogens with zero attached hydrogens (tertiary/aromatic N) is 3. The minimum absolute atomic E-state index is 0.125. The fraction of sp³-hybridized carbons (Fsp3) is 0. The molecule has 3 rings (SSSR count). The Morgan fingerprint density at radius 1 is 1.13 bits per heavy atom. The summed E-state index contributed by atoms with van der Waals surface area (Å²) in [6, 6.07) is 6.32. The smallest absolute Gasteiger partial charge is 0.305 e. The third-order valence-electron chi connectivity index (χ3n) is 3.08. The molecule has 0 atom stereocenters. The molecule has 0 spiro atoms. The van der Waals surface area contributed by atoms with Crippen LogP contribution in [0.5, 0.6) is 0 Å². The van der Waals surface area contributed by atoms with Gasteiger partial charge in [0.1, 0.15) is 18.0 Å². The van der Waals surface area contributed by atoms with E-state index >= 15 is 0 Å². The van der Waals surface area contributed by atoms with E-state index in [9.17, 15) is 18.9 Å². The van der Waals surface area contributed by atoms with Gasteiger partial charge in [0.05, 0.1) is 21.5 Å². The van der Waals surface area contributed by atoms with Crippen LogP contribution in [-0.4, -0.2) is 14.9 Å². The second-order valence-corrected chi connectivity index (χ2v) is 5.46. The van der Waals surface area contributed by atoms with Crippen molar-refractivity contribution in [2.75, 3.05) is 5.32 Å². The van der Waals surface area contributed by atoms with Crippen LogP contribution >= 0.6 is 15.9 Å². The Bertz CT molecular complexity index is 936. The van der Waals surface area contributed by atoms with Crippen molar-refractivity contribution in [3.63, 3.8) is 0 Å². The number of nitro benzene ring substituents is 1. The van der Waals surface area contributed by atoms with Crippen LogP contribution in [0, 0.1) is 21.7 Å². The molecule has 0 unspecified atom stereocenters. The van der Waals surface area contributed by atoms with Crippen LogP contribution in [0.2, 0.25) is 0 Å². The van der Waals surface area contributed by atoms with Gasteiger partial charge in [-0.3, -0.25) is 10.1 Å². The predicted molar refractivity (Wildman–Crippen MR) is 83.5 cm³/mol. The van der Waals surface area contributed by atoms with E-state index in [0.29, 0.717) is 4.47 Å². The largest absolute Gasteiger partial charge is 0.337 e. The van der Waals surface area contributed by atoms with E-state index in [1.165, 1.54) is 12.1 Å². The Kier molecular flexibility index (Phi) is 3.87. The van der Waals surface area contributed by atoms with Crippen molar-refractivity contribution in [3.8, 4) is 0 Å². The number of fused-ring (bicyclic) bond motifs is 1. The zero-order valence-corrected chi connectivity index (χ0v) is 12.8. The molecule has 1 heterocycles. The van der Waals surface area contributed by atoms with Crippen LogP contribution in [0.1, 0.15) is 0 Å². The first-order valence-electron chi connectivity index (χ1n) is 6.26. The molecule has 6 nitrogen and oxygen atoms in total. The molecule has 116 valence electrons. The Balaban J connectivity index is 2.13. The second-order valence-electron chi connectivity index (χ2n) is 4.55. The molecule has 1 N–H and O–H groups in total. The van der Waals surface area contributed by atoms with Gasteiger partial charge in [-0.2, -0.15) is 4.39 Å². The molecular formula is C14H7BrF2N4O2. The quantitative estimate of drug-likeness (QED) is 0.540. The summed E-state index contributed by atoms with van der Waals surface area (Å²) >= 11 is 3.14. The maximum Gasteiger partial charge on any atom is 0.305 e. The van der Waals surface area contributed by atoms with Gasteiger partial charge in [0, 0.05) is 16.6 Å². The van der Waals surface area contributed by atoms with Gasteiger partial charge in [0.25, 0.3) is 0 Å². The number of hydrogen-bond donors (Lipinski definition) is 1. The summed E-state index contributed by atoms with van der Waals surface area (Å²) in [6.07, 6.45) is 1.16. The highest BCUT2D eigenvalue weighted by atomic mass is 79.9. The molecule has 0 aliphatic carbocycles. The van der Waals surface area contributed by atoms with Crippen molar-refractivity contribution in [3.05, 3.63) is 62.9 Å². The zero-order valence-electron chi connectivity index (χ0n) is 11.3. The summed E-state index contributed by atoms with van der Waals surface area (Å²) in [4.78, 5) is 17.8. The van der Waals surface area contributed by atoms with Crippen LogP contribution in [-0.2, 0) is 0 Å². The molecule has 0 aliphatic rings. The summed E-state index contributed by atoms with van der Waals surface area (Å²) < 4.78 is 28.1. The first-order chi connectivity index (χ1) is 11.0. The molecule has 0 fully saturated rings. The van der Waals surface area contributed by atoms with Crippen molar-refractivity contribution in [1.82, 2.24) is 9.97 Å². The second kappa shape index (κ2) is 5.84. The third kappa shape index (κ3) is 2.95. The molecule has 0 radical (unpaired) electrons. The van der Waals surface area contributed by atoms with Gasteiger partial charge in [0.15, 0.2) is 0 Å². The van der Waals surface area contributed by atoms with Crippen molar-refractivity contribution in [2.45, 2.75) is 0 Å². The van der Waals surface area contributed by atoms with Crippen LogP contribution in [0.4, 0.5) is 26.0 Å². The molecule has 3 aromatic rings. The Labute approximate surface area is 136 Å². The van der Waals surface area contributed by atoms with E-state index in [2.05, 4.69) is 31.2 Å². The average molecular weight is 381 g/mol. The van der Waals surface area contributed by atoms with Gasteiger partial charge < -0.3 is 5.32 Å². The zero-order chi connectivity index (χ0) is 16.6. The van der Waals surface area contributed by atoms with E-state index in [0.717, 1.165) is 18.5 Å². The van der Waals surface area contributed by atoms with Gasteiger partial charge in [0.2, 0.25) is 5.82 Å². The van der Waals surface area contributed by atoms with E-state index in [-0.39, 0.29) is 22.4 Å². The Hall–Kier alpha value is -2.68. The summed E-state index contributed by atoms with van der Waals surface area (Å²) in [6.45, 7) is 0. The molecule has 0 saturated heterocycles. The first kappa shape index (κ1) is 15.2. The van der Waals surface area contributed by atoms with E-state index in [1.807, 2.05) is 0 Å². The molecule has 0 saturated carbocycles. The number of rotatable bonds is 3. The van der Waals surface area contributed by atoms with Crippen LogP contribution in [0.25, 0.3) is 10.9 Å². The number of halogens is 3. The van der Waals surface area contributed by atoms with Gasteiger partial charge in [-0.1, -0.05) is 15.9 Å². The number of anilines is 2. The lowest BCUT2D eigenvalue weighted by atomic mass is 10.2. The first-order valence-corrected chi connectivity index (χ1v) is 7.06. The lowest BCUT2D eigenvalue weighted by molar-refractivity contribution is -0.387. The van der Waals surface area contributed by atoms with Crippen LogP contribution in [0.15, 0.2) is 41.1 Å². The predicted octanol–water partition coefficient (Wildman–Crippen LogP) is 4.32. The molecule has 0 aliphatic heterocycles. The van der Waals surface area contributed by atoms with Crippen molar-refractivity contribution >= 4 is 44.0 Å². The van der Waals surface area contributed by atoms with Gasteiger partial charge in [-0.05, 0) is 18.2 Å². The number of benzene rings is 2. The van der Waals surface area contributed by atoms with Crippen molar-refractivity contribution in [1.29, 1.82) is 0 Å². The van der Waals surface area contributed by atoms with Gasteiger partial charge in [-0.25, -0.2) is 14.4 Å². The monoisotopic (exact) mass is 380 g/mol. The summed E-state index contributed by atoms with van der Waals surface area (Å²) in [5.74, 6) is -1.40. The highest BCUT2D eigenvalue weighted by Crippen LogP contribution is 2.30. The lowest BCUT2D eigenvalue weighted by Crippen LogP contribution is -2.00. The SMILES string of the molecule is O=[N+]([O-])c1cc2c(Nc3ccc(Br)cc3F)ncnc2cc1F. The highest BCUT2D eigenvalue weighted by Gasteiger charge is 2.18. The number of aromatic nitrogens is 2. The van der Waals surface area contributed by atoms with E-state index in [1.54, 1.807) is 6.07 Å². The molecule has 0 amide bonds. The number of hydrogen-bond acceptors (Lipinski definition) is 5. The number of nitro groups is 1. The Morgan fingerprint density at radius 2 is 1.91 bits per heavy atom. The van der Waals surface area contributed by atoms with E-state index < -0.39 is 22.2 Å². The van der Waals surface area contributed by atoms with Crippen molar-refractivity contribution in [2.24, 2.45) is 0 Å². The van der Waals surface area contributed by atoms with E-state index in [4.69, 9.17) is 0 Å². The van der Waals surface area contributed by atoms with Crippen LogP contribution < -0.4 is 5.32 Å². The number of nitrogens with one attached hydrogen (secondary N) is 1. The average Bonchev–Trinajstić information content (AvgIpc) is 2.49. The fourth-order valence-electron chi connectivity index (χ4n) is 2.02. The fourth-order valence-corrected chi connectivity index (χ4v) is 2.36. The molecule has 9 heteroatoms. The summed E-state index contributed by atoms with van der Waals surface area (Å²) in [7, 11) is 0. The minimum atomic E-state index is -0.998. The van der Waals surface area contributed by atoms with Gasteiger partial charge in [-0.15, -0.1) is 0 Å².